The van der Waals surface area contributed by atoms with E-state index >= 15 is 0 Å². The highest BCUT2D eigenvalue weighted by molar-refractivity contribution is 5.95. The highest BCUT2D eigenvalue weighted by Gasteiger charge is 2.05. The summed E-state index contributed by atoms with van der Waals surface area (Å²) in [6.45, 7) is 0. The lowest BCUT2D eigenvalue weighted by Crippen LogP contribution is -1.96. The van der Waals surface area contributed by atoms with Crippen molar-refractivity contribution < 1.29 is 0 Å². The fourth-order valence-corrected chi connectivity index (χ4v) is 1.97. The Morgan fingerprint density at radius 1 is 1.00 bits per heavy atom. The summed E-state index contributed by atoms with van der Waals surface area (Å²) in [6.07, 6.45) is 5.17. The fraction of sp³-hybridized carbons (Fsp3) is 0. The first-order valence-corrected chi connectivity index (χ1v) is 5.83. The van der Waals surface area contributed by atoms with Crippen LogP contribution >= 0.6 is 0 Å². The minimum Gasteiger partial charge on any atom is -0.353 e. The molecule has 0 bridgehead atoms. The lowest BCUT2D eigenvalue weighted by atomic mass is 10.1. The van der Waals surface area contributed by atoms with E-state index in [9.17, 15) is 0 Å². The predicted octanol–water partition coefficient (Wildman–Crippen LogP) is 3.25. The SMILES string of the molecule is N#Cc1ncccc1Nc1cccc2cnccc12. The van der Waals surface area contributed by atoms with Gasteiger partial charge >= 0.3 is 0 Å². The highest BCUT2D eigenvalue weighted by atomic mass is 14.9. The maximum atomic E-state index is 9.05. The zero-order chi connectivity index (χ0) is 13.1. The third kappa shape index (κ3) is 2.09. The van der Waals surface area contributed by atoms with Gasteiger partial charge in [-0.05, 0) is 24.3 Å². The van der Waals surface area contributed by atoms with Gasteiger partial charge in [-0.3, -0.25) is 4.98 Å². The smallest absolute Gasteiger partial charge is 0.163 e. The number of fused-ring (bicyclic) bond motifs is 1. The zero-order valence-electron chi connectivity index (χ0n) is 10.0. The molecular weight excluding hydrogens is 236 g/mol. The number of nitrogens with one attached hydrogen (secondary N) is 1. The molecule has 0 aliphatic rings. The third-order valence-corrected chi connectivity index (χ3v) is 2.86. The minimum atomic E-state index is 0.383. The minimum absolute atomic E-state index is 0.383. The Hall–Kier alpha value is -2.93. The van der Waals surface area contributed by atoms with Gasteiger partial charge in [0.1, 0.15) is 6.07 Å². The molecule has 90 valence electrons. The molecule has 2 heterocycles. The second kappa shape index (κ2) is 4.75. The monoisotopic (exact) mass is 246 g/mol. The van der Waals surface area contributed by atoms with Crippen LogP contribution in [0.15, 0.2) is 55.0 Å². The molecule has 3 rings (SSSR count). The second-order valence-electron chi connectivity index (χ2n) is 4.04. The van der Waals surface area contributed by atoms with Crippen molar-refractivity contribution in [2.75, 3.05) is 5.32 Å². The van der Waals surface area contributed by atoms with Gasteiger partial charge in [0.25, 0.3) is 0 Å². The van der Waals surface area contributed by atoms with Crippen LogP contribution in [-0.4, -0.2) is 9.97 Å². The number of aromatic nitrogens is 2. The molecule has 1 aromatic carbocycles. The fourth-order valence-electron chi connectivity index (χ4n) is 1.97. The predicted molar refractivity (Wildman–Crippen MR) is 74.0 cm³/mol. The average molecular weight is 246 g/mol. The molecule has 4 nitrogen and oxygen atoms in total. The molecule has 4 heteroatoms. The van der Waals surface area contributed by atoms with Crippen LogP contribution in [0.3, 0.4) is 0 Å². The lowest BCUT2D eigenvalue weighted by molar-refractivity contribution is 1.26. The number of benzene rings is 1. The van der Waals surface area contributed by atoms with E-state index in [1.807, 2.05) is 36.5 Å². The van der Waals surface area contributed by atoms with Gasteiger partial charge in [-0.15, -0.1) is 0 Å². The van der Waals surface area contributed by atoms with E-state index in [0.29, 0.717) is 11.4 Å². The van der Waals surface area contributed by atoms with Crippen molar-refractivity contribution in [3.05, 3.63) is 60.7 Å². The first-order chi connectivity index (χ1) is 9.38. The van der Waals surface area contributed by atoms with Crippen molar-refractivity contribution in [3.8, 4) is 6.07 Å². The Balaban J connectivity index is 2.09. The molecule has 0 unspecified atom stereocenters. The molecule has 0 aliphatic heterocycles. The first kappa shape index (κ1) is 11.2. The molecular formula is C15H10N4. The Bertz CT molecular complexity index is 769. The molecule has 3 aromatic rings. The van der Waals surface area contributed by atoms with Gasteiger partial charge < -0.3 is 5.32 Å². The van der Waals surface area contributed by atoms with Crippen molar-refractivity contribution in [3.63, 3.8) is 0 Å². The van der Waals surface area contributed by atoms with E-state index in [0.717, 1.165) is 16.5 Å². The van der Waals surface area contributed by atoms with Gasteiger partial charge in [0.2, 0.25) is 0 Å². The van der Waals surface area contributed by atoms with E-state index < -0.39 is 0 Å². The normalized spacial score (nSPS) is 10.1. The number of rotatable bonds is 2. The molecule has 0 amide bonds. The molecule has 0 saturated carbocycles. The molecule has 0 radical (unpaired) electrons. The summed E-state index contributed by atoms with van der Waals surface area (Å²) in [4.78, 5) is 8.14. The number of anilines is 2. The molecule has 0 spiro atoms. The summed E-state index contributed by atoms with van der Waals surface area (Å²) in [7, 11) is 0. The van der Waals surface area contributed by atoms with Gasteiger partial charge in [0.05, 0.1) is 5.69 Å². The summed E-state index contributed by atoms with van der Waals surface area (Å²) in [6, 6.07) is 13.6. The van der Waals surface area contributed by atoms with E-state index in [4.69, 9.17) is 5.26 Å². The average Bonchev–Trinajstić information content (AvgIpc) is 2.48. The largest absolute Gasteiger partial charge is 0.353 e. The standard InChI is InChI=1S/C15H10N4/c16-9-15-14(5-2-7-18-15)19-13-4-1-3-11-10-17-8-6-12(11)13/h1-8,10,19H. The van der Waals surface area contributed by atoms with E-state index in [2.05, 4.69) is 21.4 Å². The van der Waals surface area contributed by atoms with Crippen LogP contribution in [0.2, 0.25) is 0 Å². The number of hydrogen-bond donors (Lipinski definition) is 1. The van der Waals surface area contributed by atoms with Gasteiger partial charge in [0.15, 0.2) is 5.69 Å². The Labute approximate surface area is 110 Å². The lowest BCUT2D eigenvalue weighted by Gasteiger charge is -2.10. The quantitative estimate of drug-likeness (QED) is 0.754. The van der Waals surface area contributed by atoms with Gasteiger partial charge in [-0.25, -0.2) is 4.98 Å². The van der Waals surface area contributed by atoms with Crippen molar-refractivity contribution in [1.29, 1.82) is 5.26 Å². The topological polar surface area (TPSA) is 61.6 Å². The van der Waals surface area contributed by atoms with Crippen LogP contribution in [0.1, 0.15) is 5.69 Å². The summed E-state index contributed by atoms with van der Waals surface area (Å²) in [5.41, 5.74) is 2.02. The maximum Gasteiger partial charge on any atom is 0.163 e. The van der Waals surface area contributed by atoms with Crippen LogP contribution in [-0.2, 0) is 0 Å². The second-order valence-corrected chi connectivity index (χ2v) is 4.04. The summed E-state index contributed by atoms with van der Waals surface area (Å²) in [5.74, 6) is 0. The van der Waals surface area contributed by atoms with Crippen LogP contribution in [0.4, 0.5) is 11.4 Å². The third-order valence-electron chi connectivity index (χ3n) is 2.86. The number of pyridine rings is 2. The van der Waals surface area contributed by atoms with Gasteiger partial charge in [-0.1, -0.05) is 12.1 Å². The molecule has 0 fully saturated rings. The Morgan fingerprint density at radius 2 is 1.89 bits per heavy atom. The van der Waals surface area contributed by atoms with Crippen molar-refractivity contribution >= 4 is 22.1 Å². The van der Waals surface area contributed by atoms with Crippen LogP contribution in [0, 0.1) is 11.3 Å². The van der Waals surface area contributed by atoms with E-state index in [1.165, 1.54) is 0 Å². The maximum absolute atomic E-state index is 9.05. The molecule has 0 aliphatic carbocycles. The summed E-state index contributed by atoms with van der Waals surface area (Å²) >= 11 is 0. The van der Waals surface area contributed by atoms with Gasteiger partial charge in [-0.2, -0.15) is 5.26 Å². The van der Waals surface area contributed by atoms with Crippen molar-refractivity contribution in [2.45, 2.75) is 0 Å². The number of nitriles is 1. The van der Waals surface area contributed by atoms with E-state index in [1.54, 1.807) is 18.5 Å². The zero-order valence-corrected chi connectivity index (χ0v) is 10.0. The summed E-state index contributed by atoms with van der Waals surface area (Å²) in [5, 5.41) is 14.4. The number of hydrogen-bond acceptors (Lipinski definition) is 4. The molecule has 2 aromatic heterocycles. The Kier molecular flexibility index (Phi) is 2.79. The van der Waals surface area contributed by atoms with Crippen molar-refractivity contribution in [2.24, 2.45) is 0 Å². The van der Waals surface area contributed by atoms with Crippen LogP contribution < -0.4 is 5.32 Å². The molecule has 0 saturated heterocycles. The van der Waals surface area contributed by atoms with Crippen molar-refractivity contribution in [1.82, 2.24) is 9.97 Å². The summed E-state index contributed by atoms with van der Waals surface area (Å²) < 4.78 is 0. The van der Waals surface area contributed by atoms with Crippen LogP contribution in [0.5, 0.6) is 0 Å². The molecule has 19 heavy (non-hydrogen) atoms. The highest BCUT2D eigenvalue weighted by Crippen LogP contribution is 2.26. The molecule has 1 N–H and O–H groups in total. The first-order valence-electron chi connectivity index (χ1n) is 5.83. The Morgan fingerprint density at radius 3 is 2.79 bits per heavy atom. The van der Waals surface area contributed by atoms with E-state index in [-0.39, 0.29) is 0 Å². The number of nitrogens with zero attached hydrogens (tertiary/aromatic N) is 3. The van der Waals surface area contributed by atoms with Crippen LogP contribution in [0.25, 0.3) is 10.8 Å². The molecule has 0 atom stereocenters. The van der Waals surface area contributed by atoms with Gasteiger partial charge in [0, 0.05) is 35.1 Å².